The van der Waals surface area contributed by atoms with E-state index >= 15 is 0 Å². The number of aryl methyl sites for hydroxylation is 1. The van der Waals surface area contributed by atoms with E-state index in [0.717, 1.165) is 19.1 Å². The van der Waals surface area contributed by atoms with Gasteiger partial charge in [-0.05, 0) is 31.9 Å². The van der Waals surface area contributed by atoms with E-state index < -0.39 is 0 Å². The molecule has 3 nitrogen and oxygen atoms in total. The molecule has 2 atom stereocenters. The fourth-order valence-corrected chi connectivity index (χ4v) is 3.58. The topological polar surface area (TPSA) is 32.5 Å². The van der Waals surface area contributed by atoms with Crippen molar-refractivity contribution in [2.24, 2.45) is 5.73 Å². The number of benzene rings is 1. The van der Waals surface area contributed by atoms with Crippen molar-refractivity contribution >= 4 is 0 Å². The molecule has 2 N–H and O–H groups in total. The Morgan fingerprint density at radius 3 is 2.74 bits per heavy atom. The second-order valence-electron chi connectivity index (χ2n) is 5.99. The van der Waals surface area contributed by atoms with Gasteiger partial charge in [-0.2, -0.15) is 0 Å². The monoisotopic (exact) mass is 259 g/mol. The number of rotatable bonds is 3. The molecule has 0 bridgehead atoms. The van der Waals surface area contributed by atoms with Crippen LogP contribution in [0.15, 0.2) is 24.3 Å². The molecule has 0 radical (unpaired) electrons. The standard InChI is InChI=1S/C16H25N3/c1-13-4-6-14(7-5-13)16(11-17)19-10-9-18-8-2-3-15(18)12-19/h4-7,15-16H,2-3,8-12,17H2,1H3. The van der Waals surface area contributed by atoms with Gasteiger partial charge in [0.2, 0.25) is 0 Å². The first-order chi connectivity index (χ1) is 9.28. The van der Waals surface area contributed by atoms with Crippen LogP contribution in [-0.4, -0.2) is 48.6 Å². The van der Waals surface area contributed by atoms with Crippen LogP contribution in [0, 0.1) is 6.92 Å². The predicted octanol–water partition coefficient (Wildman–Crippen LogP) is 1.77. The van der Waals surface area contributed by atoms with E-state index in [-0.39, 0.29) is 0 Å². The molecule has 1 aromatic rings. The van der Waals surface area contributed by atoms with Crippen LogP contribution in [0.25, 0.3) is 0 Å². The van der Waals surface area contributed by atoms with Gasteiger partial charge in [0.15, 0.2) is 0 Å². The number of nitrogens with two attached hydrogens (primary N) is 1. The fourth-order valence-electron chi connectivity index (χ4n) is 3.58. The van der Waals surface area contributed by atoms with E-state index in [9.17, 15) is 0 Å². The van der Waals surface area contributed by atoms with Crippen LogP contribution in [0.4, 0.5) is 0 Å². The van der Waals surface area contributed by atoms with E-state index in [1.807, 2.05) is 0 Å². The zero-order valence-electron chi connectivity index (χ0n) is 11.9. The van der Waals surface area contributed by atoms with Crippen molar-refractivity contribution in [1.29, 1.82) is 0 Å². The normalized spacial score (nSPS) is 26.3. The van der Waals surface area contributed by atoms with Gasteiger partial charge in [0.25, 0.3) is 0 Å². The van der Waals surface area contributed by atoms with Crippen molar-refractivity contribution in [3.63, 3.8) is 0 Å². The maximum Gasteiger partial charge on any atom is 0.0471 e. The van der Waals surface area contributed by atoms with E-state index in [0.29, 0.717) is 6.04 Å². The van der Waals surface area contributed by atoms with Crippen molar-refractivity contribution in [1.82, 2.24) is 9.80 Å². The summed E-state index contributed by atoms with van der Waals surface area (Å²) in [5, 5.41) is 0. The molecule has 3 rings (SSSR count). The highest BCUT2D eigenvalue weighted by Crippen LogP contribution is 2.27. The Labute approximate surface area is 116 Å². The number of nitrogens with zero attached hydrogens (tertiary/aromatic N) is 2. The van der Waals surface area contributed by atoms with Crippen molar-refractivity contribution in [2.45, 2.75) is 31.8 Å². The molecule has 0 aromatic heterocycles. The average Bonchev–Trinajstić information content (AvgIpc) is 2.89. The lowest BCUT2D eigenvalue weighted by molar-refractivity contribution is 0.0737. The summed E-state index contributed by atoms with van der Waals surface area (Å²) >= 11 is 0. The average molecular weight is 259 g/mol. The minimum absolute atomic E-state index is 0.392. The molecular formula is C16H25N3. The lowest BCUT2D eigenvalue weighted by Crippen LogP contribution is -2.52. The Kier molecular flexibility index (Phi) is 3.87. The summed E-state index contributed by atoms with van der Waals surface area (Å²) < 4.78 is 0. The van der Waals surface area contributed by atoms with Crippen molar-refractivity contribution in [3.05, 3.63) is 35.4 Å². The molecule has 3 heteroatoms. The number of piperazine rings is 1. The molecule has 0 amide bonds. The minimum Gasteiger partial charge on any atom is -0.329 e. The van der Waals surface area contributed by atoms with Gasteiger partial charge in [-0.25, -0.2) is 0 Å². The highest BCUT2D eigenvalue weighted by molar-refractivity contribution is 5.24. The Bertz CT molecular complexity index is 415. The third-order valence-electron chi connectivity index (χ3n) is 4.74. The lowest BCUT2D eigenvalue weighted by Gasteiger charge is -2.41. The molecule has 2 aliphatic heterocycles. The van der Waals surface area contributed by atoms with Crippen LogP contribution >= 0.6 is 0 Å². The van der Waals surface area contributed by atoms with Crippen LogP contribution in [0.3, 0.4) is 0 Å². The second kappa shape index (κ2) is 5.61. The first-order valence-electron chi connectivity index (χ1n) is 7.52. The summed E-state index contributed by atoms with van der Waals surface area (Å²) in [4.78, 5) is 5.25. The molecular weight excluding hydrogens is 234 g/mol. The van der Waals surface area contributed by atoms with Crippen molar-refractivity contribution in [3.8, 4) is 0 Å². The van der Waals surface area contributed by atoms with Gasteiger partial charge in [-0.1, -0.05) is 29.8 Å². The summed E-state index contributed by atoms with van der Waals surface area (Å²) in [6, 6.07) is 10.0. The minimum atomic E-state index is 0.392. The molecule has 0 aliphatic carbocycles. The molecule has 2 saturated heterocycles. The van der Waals surface area contributed by atoms with Gasteiger partial charge in [0.1, 0.15) is 0 Å². The SMILES string of the molecule is Cc1ccc(C(CN)N2CCN3CCCC3C2)cc1. The Morgan fingerprint density at radius 1 is 1.21 bits per heavy atom. The van der Waals surface area contributed by atoms with Crippen molar-refractivity contribution in [2.75, 3.05) is 32.7 Å². The third kappa shape index (κ3) is 2.69. The molecule has 19 heavy (non-hydrogen) atoms. The molecule has 1 aromatic carbocycles. The van der Waals surface area contributed by atoms with Gasteiger partial charge >= 0.3 is 0 Å². The fraction of sp³-hybridized carbons (Fsp3) is 0.625. The molecule has 0 saturated carbocycles. The zero-order valence-corrected chi connectivity index (χ0v) is 11.9. The van der Waals surface area contributed by atoms with Gasteiger partial charge in [-0.3, -0.25) is 9.80 Å². The second-order valence-corrected chi connectivity index (χ2v) is 5.99. The molecule has 104 valence electrons. The summed E-state index contributed by atoms with van der Waals surface area (Å²) in [5.74, 6) is 0. The van der Waals surface area contributed by atoms with Gasteiger partial charge in [-0.15, -0.1) is 0 Å². The van der Waals surface area contributed by atoms with E-state index in [2.05, 4.69) is 41.0 Å². The largest absolute Gasteiger partial charge is 0.329 e. The Hall–Kier alpha value is -0.900. The summed E-state index contributed by atoms with van der Waals surface area (Å²) in [5.41, 5.74) is 8.75. The lowest BCUT2D eigenvalue weighted by atomic mass is 10.0. The van der Waals surface area contributed by atoms with Crippen molar-refractivity contribution < 1.29 is 0 Å². The number of hydrogen-bond acceptors (Lipinski definition) is 3. The Balaban J connectivity index is 1.73. The molecule has 2 heterocycles. The maximum atomic E-state index is 6.06. The molecule has 2 fully saturated rings. The Morgan fingerprint density at radius 2 is 2.00 bits per heavy atom. The van der Waals surface area contributed by atoms with Gasteiger partial charge < -0.3 is 5.73 Å². The first kappa shape index (κ1) is 13.1. The van der Waals surface area contributed by atoms with E-state index in [1.165, 1.54) is 43.6 Å². The maximum absolute atomic E-state index is 6.06. The van der Waals surface area contributed by atoms with Crippen LogP contribution in [0.5, 0.6) is 0 Å². The van der Waals surface area contributed by atoms with Crippen LogP contribution in [0.2, 0.25) is 0 Å². The third-order valence-corrected chi connectivity index (χ3v) is 4.74. The zero-order chi connectivity index (χ0) is 13.2. The molecule has 0 spiro atoms. The van der Waals surface area contributed by atoms with Gasteiger partial charge in [0, 0.05) is 38.3 Å². The van der Waals surface area contributed by atoms with Crippen LogP contribution in [0.1, 0.15) is 30.0 Å². The molecule has 2 unspecified atom stereocenters. The highest BCUT2D eigenvalue weighted by Gasteiger charge is 2.33. The highest BCUT2D eigenvalue weighted by atomic mass is 15.3. The van der Waals surface area contributed by atoms with Crippen LogP contribution < -0.4 is 5.73 Å². The summed E-state index contributed by atoms with van der Waals surface area (Å²) in [7, 11) is 0. The molecule has 2 aliphatic rings. The summed E-state index contributed by atoms with van der Waals surface area (Å²) in [6.45, 7) is 7.72. The van der Waals surface area contributed by atoms with E-state index in [4.69, 9.17) is 5.73 Å². The van der Waals surface area contributed by atoms with Gasteiger partial charge in [0.05, 0.1) is 0 Å². The first-order valence-corrected chi connectivity index (χ1v) is 7.52. The summed E-state index contributed by atoms with van der Waals surface area (Å²) in [6.07, 6.45) is 2.73. The number of hydrogen-bond donors (Lipinski definition) is 1. The predicted molar refractivity (Wildman–Crippen MR) is 79.1 cm³/mol. The van der Waals surface area contributed by atoms with Crippen LogP contribution in [-0.2, 0) is 0 Å². The quantitative estimate of drug-likeness (QED) is 0.898. The smallest absolute Gasteiger partial charge is 0.0471 e. The number of fused-ring (bicyclic) bond motifs is 1. The van der Waals surface area contributed by atoms with E-state index in [1.54, 1.807) is 0 Å².